The number of fused-ring (bicyclic) bond motifs is 1. The van der Waals surface area contributed by atoms with Gasteiger partial charge in [-0.3, -0.25) is 9.69 Å². The van der Waals surface area contributed by atoms with Crippen LogP contribution in [-0.4, -0.2) is 54.3 Å². The van der Waals surface area contributed by atoms with Gasteiger partial charge in [-0.1, -0.05) is 31.3 Å². The maximum absolute atomic E-state index is 13.5. The molecule has 0 unspecified atom stereocenters. The average molecular weight is 458 g/mol. The fourth-order valence-corrected chi connectivity index (χ4v) is 5.01. The van der Waals surface area contributed by atoms with Crippen molar-refractivity contribution in [1.29, 1.82) is 0 Å². The monoisotopic (exact) mass is 457 g/mol. The van der Waals surface area contributed by atoms with Gasteiger partial charge in [0.15, 0.2) is 5.13 Å². The summed E-state index contributed by atoms with van der Waals surface area (Å²) in [5, 5.41) is 0.746. The van der Waals surface area contributed by atoms with Crippen molar-refractivity contribution in [1.82, 2.24) is 9.88 Å². The molecular formula is C24H31N3O2S2. The molecule has 0 N–H and O–H groups in total. The maximum atomic E-state index is 13.5. The highest BCUT2D eigenvalue weighted by atomic mass is 32.2. The van der Waals surface area contributed by atoms with Crippen LogP contribution in [0.3, 0.4) is 0 Å². The first-order valence-electron chi connectivity index (χ1n) is 10.7. The van der Waals surface area contributed by atoms with E-state index in [1.807, 2.05) is 49.1 Å². The molecule has 3 aromatic rings. The summed E-state index contributed by atoms with van der Waals surface area (Å²) in [5.41, 5.74) is 1.61. The summed E-state index contributed by atoms with van der Waals surface area (Å²) in [5.74, 6) is 0.735. The largest absolute Gasteiger partial charge is 0.491 e. The number of para-hydroxylation sites is 1. The second kappa shape index (κ2) is 11.0. The summed E-state index contributed by atoms with van der Waals surface area (Å²) in [7, 11) is 0. The summed E-state index contributed by atoms with van der Waals surface area (Å²) in [6, 6.07) is 13.6. The second-order valence-corrected chi connectivity index (χ2v) is 9.34. The highest BCUT2D eigenvalue weighted by molar-refractivity contribution is 7.98. The van der Waals surface area contributed by atoms with Gasteiger partial charge in [-0.15, -0.1) is 11.8 Å². The van der Waals surface area contributed by atoms with Crippen molar-refractivity contribution < 1.29 is 9.53 Å². The van der Waals surface area contributed by atoms with Gasteiger partial charge in [-0.25, -0.2) is 4.98 Å². The molecule has 0 saturated heterocycles. The van der Waals surface area contributed by atoms with Gasteiger partial charge in [-0.05, 0) is 69.6 Å². The zero-order chi connectivity index (χ0) is 22.4. The zero-order valence-corrected chi connectivity index (χ0v) is 20.6. The normalized spacial score (nSPS) is 11.5. The van der Waals surface area contributed by atoms with Gasteiger partial charge in [0.2, 0.25) is 0 Å². The predicted molar refractivity (Wildman–Crippen MR) is 133 cm³/mol. The van der Waals surface area contributed by atoms with Crippen LogP contribution in [0.15, 0.2) is 47.4 Å². The number of aromatic nitrogens is 1. The summed E-state index contributed by atoms with van der Waals surface area (Å²) in [6.07, 6.45) is 2.15. The van der Waals surface area contributed by atoms with E-state index in [1.54, 1.807) is 23.1 Å². The number of hydrogen-bond donors (Lipinski definition) is 0. The quantitative estimate of drug-likeness (QED) is 0.360. The Hall–Kier alpha value is -2.09. The van der Waals surface area contributed by atoms with Crippen LogP contribution in [0.5, 0.6) is 5.75 Å². The van der Waals surface area contributed by atoms with E-state index in [-0.39, 0.29) is 12.0 Å². The number of carbonyl (C=O) groups excluding carboxylic acids is 1. The van der Waals surface area contributed by atoms with E-state index >= 15 is 0 Å². The third kappa shape index (κ3) is 5.79. The summed E-state index contributed by atoms with van der Waals surface area (Å²) in [4.78, 5) is 23.7. The van der Waals surface area contributed by atoms with Crippen molar-refractivity contribution in [3.8, 4) is 5.75 Å². The minimum absolute atomic E-state index is 0.0342. The highest BCUT2D eigenvalue weighted by Crippen LogP contribution is 2.34. The first-order valence-corrected chi connectivity index (χ1v) is 12.7. The van der Waals surface area contributed by atoms with Gasteiger partial charge in [0.25, 0.3) is 5.91 Å². The standard InChI is InChI=1S/C24H31N3O2S2/c1-6-26(7-2)15-16-27(23(28)18-11-13-19(14-12-18)29-17(3)4)24-25-22-20(30-5)9-8-10-21(22)31-24/h8-14,17H,6-7,15-16H2,1-5H3. The number of ether oxygens (including phenoxy) is 1. The van der Waals surface area contributed by atoms with Crippen molar-refractivity contribution in [2.24, 2.45) is 0 Å². The van der Waals surface area contributed by atoms with Gasteiger partial charge >= 0.3 is 0 Å². The highest BCUT2D eigenvalue weighted by Gasteiger charge is 2.22. The average Bonchev–Trinajstić information content (AvgIpc) is 3.20. The molecule has 0 aliphatic heterocycles. The molecule has 0 saturated carbocycles. The van der Waals surface area contributed by atoms with Gasteiger partial charge in [-0.2, -0.15) is 0 Å². The first kappa shape index (κ1) is 23.6. The lowest BCUT2D eigenvalue weighted by atomic mass is 10.2. The van der Waals surface area contributed by atoms with Crippen LogP contribution in [-0.2, 0) is 0 Å². The third-order valence-electron chi connectivity index (χ3n) is 5.07. The molecule has 0 aliphatic rings. The molecule has 5 nitrogen and oxygen atoms in total. The Bertz CT molecular complexity index is 998. The number of anilines is 1. The molecule has 0 atom stereocenters. The van der Waals surface area contributed by atoms with E-state index in [0.717, 1.165) is 45.6 Å². The molecular weight excluding hydrogens is 426 g/mol. The smallest absolute Gasteiger partial charge is 0.260 e. The fraction of sp³-hybridized carbons (Fsp3) is 0.417. The molecule has 7 heteroatoms. The SMILES string of the molecule is CCN(CC)CCN(C(=O)c1ccc(OC(C)C)cc1)c1nc2c(SC)cccc2s1. The lowest BCUT2D eigenvalue weighted by Gasteiger charge is -2.25. The Morgan fingerprint density at radius 2 is 1.81 bits per heavy atom. The van der Waals surface area contributed by atoms with Crippen molar-refractivity contribution in [2.45, 2.75) is 38.7 Å². The minimum atomic E-state index is -0.0342. The van der Waals surface area contributed by atoms with Crippen LogP contribution in [0.2, 0.25) is 0 Å². The van der Waals surface area contributed by atoms with Crippen molar-refractivity contribution in [3.63, 3.8) is 0 Å². The number of thiazole rings is 1. The molecule has 0 spiro atoms. The fourth-order valence-electron chi connectivity index (χ4n) is 3.36. The van der Waals surface area contributed by atoms with E-state index in [9.17, 15) is 4.79 Å². The number of amides is 1. The molecule has 0 radical (unpaired) electrons. The number of likely N-dealkylation sites (N-methyl/N-ethyl adjacent to an activating group) is 1. The first-order chi connectivity index (χ1) is 15.0. The molecule has 0 aliphatic carbocycles. The van der Waals surface area contributed by atoms with E-state index in [1.165, 1.54) is 0 Å². The number of nitrogens with zero attached hydrogens (tertiary/aromatic N) is 3. The van der Waals surface area contributed by atoms with Crippen LogP contribution >= 0.6 is 23.1 Å². The molecule has 0 bridgehead atoms. The lowest BCUT2D eigenvalue weighted by Crippen LogP contribution is -2.38. The Labute approximate surface area is 193 Å². The van der Waals surface area contributed by atoms with Crippen molar-refractivity contribution in [2.75, 3.05) is 37.3 Å². The Morgan fingerprint density at radius 3 is 2.42 bits per heavy atom. The third-order valence-corrected chi connectivity index (χ3v) is 6.89. The Kier molecular flexibility index (Phi) is 8.35. The number of rotatable bonds is 10. The summed E-state index contributed by atoms with van der Waals surface area (Å²) in [6.45, 7) is 11.6. The molecule has 0 fully saturated rings. The van der Waals surface area contributed by atoms with Gasteiger partial charge < -0.3 is 9.64 Å². The number of thioether (sulfide) groups is 1. The summed E-state index contributed by atoms with van der Waals surface area (Å²) < 4.78 is 6.82. The van der Waals surface area contributed by atoms with Crippen molar-refractivity contribution >= 4 is 44.4 Å². The van der Waals surface area contributed by atoms with E-state index in [2.05, 4.69) is 37.1 Å². The Balaban J connectivity index is 1.93. The number of benzene rings is 2. The molecule has 31 heavy (non-hydrogen) atoms. The molecule has 2 aromatic carbocycles. The molecule has 3 rings (SSSR count). The zero-order valence-electron chi connectivity index (χ0n) is 18.9. The molecule has 1 heterocycles. The van der Waals surface area contributed by atoms with Crippen LogP contribution in [0.25, 0.3) is 10.2 Å². The molecule has 1 amide bonds. The topological polar surface area (TPSA) is 45.7 Å². The predicted octanol–water partition coefficient (Wildman–Crippen LogP) is 5.79. The van der Waals surface area contributed by atoms with E-state index in [4.69, 9.17) is 9.72 Å². The molecule has 166 valence electrons. The second-order valence-electron chi connectivity index (χ2n) is 7.48. The van der Waals surface area contributed by atoms with Crippen LogP contribution in [0.4, 0.5) is 5.13 Å². The van der Waals surface area contributed by atoms with Crippen LogP contribution < -0.4 is 9.64 Å². The van der Waals surface area contributed by atoms with Gasteiger partial charge in [0.1, 0.15) is 5.75 Å². The van der Waals surface area contributed by atoms with Gasteiger partial charge in [0, 0.05) is 23.5 Å². The van der Waals surface area contributed by atoms with E-state index < -0.39 is 0 Å². The Morgan fingerprint density at radius 1 is 1.10 bits per heavy atom. The summed E-state index contributed by atoms with van der Waals surface area (Å²) >= 11 is 3.25. The van der Waals surface area contributed by atoms with Gasteiger partial charge in [0.05, 0.1) is 16.3 Å². The molecule has 1 aromatic heterocycles. The number of hydrogen-bond acceptors (Lipinski definition) is 6. The van der Waals surface area contributed by atoms with Crippen LogP contribution in [0.1, 0.15) is 38.1 Å². The minimum Gasteiger partial charge on any atom is -0.491 e. The maximum Gasteiger partial charge on any atom is 0.260 e. The number of carbonyl (C=O) groups is 1. The van der Waals surface area contributed by atoms with Crippen molar-refractivity contribution in [3.05, 3.63) is 48.0 Å². The van der Waals surface area contributed by atoms with E-state index in [0.29, 0.717) is 12.1 Å². The lowest BCUT2D eigenvalue weighted by molar-refractivity contribution is 0.0983. The van der Waals surface area contributed by atoms with Crippen LogP contribution in [0, 0.1) is 0 Å².